The van der Waals surface area contributed by atoms with Crippen molar-refractivity contribution in [3.05, 3.63) is 0 Å². The molecule has 16 heavy (non-hydrogen) atoms. The maximum absolute atomic E-state index is 11.9. The van der Waals surface area contributed by atoms with Crippen LogP contribution in [-0.4, -0.2) is 29.6 Å². The predicted molar refractivity (Wildman–Crippen MR) is 73.9 cm³/mol. The van der Waals surface area contributed by atoms with Crippen molar-refractivity contribution in [3.8, 4) is 0 Å². The fourth-order valence-electron chi connectivity index (χ4n) is 2.09. The molecule has 0 radical (unpaired) electrons. The molecule has 0 aromatic heterocycles. The Morgan fingerprint density at radius 1 is 1.44 bits per heavy atom. The van der Waals surface area contributed by atoms with E-state index >= 15 is 0 Å². The van der Waals surface area contributed by atoms with Gasteiger partial charge in [-0.1, -0.05) is 35.9 Å². The molecule has 1 fully saturated rings. The van der Waals surface area contributed by atoms with Gasteiger partial charge in [-0.05, 0) is 30.1 Å². The van der Waals surface area contributed by atoms with Crippen LogP contribution < -0.4 is 5.32 Å². The Morgan fingerprint density at radius 2 is 2.25 bits per heavy atom. The van der Waals surface area contributed by atoms with Crippen molar-refractivity contribution >= 4 is 28.5 Å². The highest BCUT2D eigenvalue weighted by molar-refractivity contribution is 14.1. The van der Waals surface area contributed by atoms with Gasteiger partial charge in [-0.2, -0.15) is 0 Å². The Hall–Kier alpha value is 0.160. The molecule has 2 unspecified atom stereocenters. The number of unbranched alkanes of at least 4 members (excludes halogenated alkanes) is 2. The van der Waals surface area contributed by atoms with Crippen LogP contribution in [0.25, 0.3) is 0 Å². The van der Waals surface area contributed by atoms with Crippen LogP contribution in [0.2, 0.25) is 0 Å². The molecule has 3 nitrogen and oxygen atoms in total. The van der Waals surface area contributed by atoms with Gasteiger partial charge in [0, 0.05) is 13.2 Å². The largest absolute Gasteiger partial charge is 0.377 e. The Bertz CT molecular complexity index is 211. The first-order valence-corrected chi connectivity index (χ1v) is 7.77. The second-order valence-corrected chi connectivity index (χ2v) is 5.33. The second kappa shape index (κ2) is 8.28. The van der Waals surface area contributed by atoms with E-state index in [4.69, 9.17) is 4.74 Å². The van der Waals surface area contributed by atoms with Gasteiger partial charge < -0.3 is 10.1 Å². The van der Waals surface area contributed by atoms with Crippen molar-refractivity contribution in [1.29, 1.82) is 0 Å². The molecule has 1 rings (SSSR count). The summed E-state index contributed by atoms with van der Waals surface area (Å²) in [5.41, 5.74) is 0. The third-order valence-corrected chi connectivity index (χ3v) is 3.82. The molecule has 4 heteroatoms. The van der Waals surface area contributed by atoms with Crippen LogP contribution in [0.5, 0.6) is 0 Å². The van der Waals surface area contributed by atoms with Gasteiger partial charge in [0.15, 0.2) is 0 Å². The molecule has 1 N–H and O–H groups in total. The number of amides is 1. The lowest BCUT2D eigenvalue weighted by atomic mass is 9.99. The molecule has 1 aliphatic rings. The molecule has 0 aromatic rings. The summed E-state index contributed by atoms with van der Waals surface area (Å²) in [6.07, 6.45) is 5.53. The average Bonchev–Trinajstić information content (AvgIpc) is 2.76. The molecule has 1 heterocycles. The number of rotatable bonds is 7. The second-order valence-electron chi connectivity index (χ2n) is 4.25. The zero-order valence-corrected chi connectivity index (χ0v) is 12.2. The van der Waals surface area contributed by atoms with Crippen molar-refractivity contribution in [3.63, 3.8) is 0 Å². The Balaban J connectivity index is 2.14. The molecule has 1 aliphatic heterocycles. The van der Waals surface area contributed by atoms with E-state index in [2.05, 4.69) is 34.8 Å². The predicted octanol–water partition coefficient (Wildman–Crippen LogP) is 2.52. The zero-order valence-electron chi connectivity index (χ0n) is 10.0. The van der Waals surface area contributed by atoms with Crippen LogP contribution in [0.4, 0.5) is 0 Å². The molecule has 94 valence electrons. The minimum Gasteiger partial charge on any atom is -0.377 e. The van der Waals surface area contributed by atoms with Crippen molar-refractivity contribution in [2.75, 3.05) is 17.6 Å². The van der Waals surface area contributed by atoms with Gasteiger partial charge in [0.05, 0.1) is 12.0 Å². The standard InChI is InChI=1S/C12H22INO2/c1-2-11-10(6-9-16-11)12(15)14-8-5-3-4-7-13/h10-11H,2-9H2,1H3,(H,14,15). The molecule has 1 saturated heterocycles. The highest BCUT2D eigenvalue weighted by Gasteiger charge is 2.32. The first kappa shape index (κ1) is 14.2. The molecular formula is C12H22INO2. The number of hydrogen-bond donors (Lipinski definition) is 1. The number of ether oxygens (including phenoxy) is 1. The molecule has 0 aromatic carbocycles. The first-order valence-electron chi connectivity index (χ1n) is 6.24. The number of nitrogens with one attached hydrogen (secondary N) is 1. The summed E-state index contributed by atoms with van der Waals surface area (Å²) >= 11 is 2.39. The summed E-state index contributed by atoms with van der Waals surface area (Å²) in [4.78, 5) is 11.9. The number of carbonyl (C=O) groups excluding carboxylic acids is 1. The van der Waals surface area contributed by atoms with E-state index in [9.17, 15) is 4.79 Å². The van der Waals surface area contributed by atoms with Crippen LogP contribution in [0.15, 0.2) is 0 Å². The Labute approximate surface area is 112 Å². The molecular weight excluding hydrogens is 317 g/mol. The minimum atomic E-state index is 0.0922. The third kappa shape index (κ3) is 4.57. The average molecular weight is 339 g/mol. The van der Waals surface area contributed by atoms with E-state index in [1.54, 1.807) is 0 Å². The molecule has 0 spiro atoms. The van der Waals surface area contributed by atoms with E-state index in [1.165, 1.54) is 17.3 Å². The first-order chi connectivity index (χ1) is 7.79. The smallest absolute Gasteiger partial charge is 0.225 e. The van der Waals surface area contributed by atoms with Crippen LogP contribution in [0.3, 0.4) is 0 Å². The van der Waals surface area contributed by atoms with Gasteiger partial charge in [-0.3, -0.25) is 4.79 Å². The van der Waals surface area contributed by atoms with Crippen LogP contribution in [-0.2, 0) is 9.53 Å². The molecule has 2 atom stereocenters. The van der Waals surface area contributed by atoms with E-state index in [1.807, 2.05) is 0 Å². The van der Waals surface area contributed by atoms with E-state index < -0.39 is 0 Å². The fourth-order valence-corrected chi connectivity index (χ4v) is 2.63. The summed E-state index contributed by atoms with van der Waals surface area (Å²) in [5, 5.41) is 3.03. The maximum Gasteiger partial charge on any atom is 0.225 e. The number of hydrogen-bond acceptors (Lipinski definition) is 2. The SMILES string of the molecule is CCC1OCCC1C(=O)NCCCCCI. The van der Waals surface area contributed by atoms with Gasteiger partial charge in [0.1, 0.15) is 0 Å². The lowest BCUT2D eigenvalue weighted by Crippen LogP contribution is -2.35. The van der Waals surface area contributed by atoms with Crippen LogP contribution in [0.1, 0.15) is 39.0 Å². The number of alkyl halides is 1. The number of halogens is 1. The van der Waals surface area contributed by atoms with Gasteiger partial charge in [0.25, 0.3) is 0 Å². The van der Waals surface area contributed by atoms with Crippen LogP contribution in [0, 0.1) is 5.92 Å². The van der Waals surface area contributed by atoms with E-state index in [-0.39, 0.29) is 17.9 Å². The maximum atomic E-state index is 11.9. The molecule has 1 amide bonds. The van der Waals surface area contributed by atoms with Crippen molar-refractivity contribution < 1.29 is 9.53 Å². The van der Waals surface area contributed by atoms with Crippen molar-refractivity contribution in [2.24, 2.45) is 5.92 Å². The van der Waals surface area contributed by atoms with Gasteiger partial charge in [-0.25, -0.2) is 0 Å². The third-order valence-electron chi connectivity index (χ3n) is 3.06. The normalized spacial score (nSPS) is 24.6. The fraction of sp³-hybridized carbons (Fsp3) is 0.917. The summed E-state index contributed by atoms with van der Waals surface area (Å²) in [7, 11) is 0. The number of carbonyl (C=O) groups is 1. The van der Waals surface area contributed by atoms with E-state index in [0.29, 0.717) is 0 Å². The molecule has 0 saturated carbocycles. The topological polar surface area (TPSA) is 38.3 Å². The highest BCUT2D eigenvalue weighted by atomic mass is 127. The molecule has 0 aliphatic carbocycles. The lowest BCUT2D eigenvalue weighted by molar-refractivity contribution is -0.126. The van der Waals surface area contributed by atoms with Crippen molar-refractivity contribution in [2.45, 2.75) is 45.1 Å². The summed E-state index contributed by atoms with van der Waals surface area (Å²) in [6, 6.07) is 0. The lowest BCUT2D eigenvalue weighted by Gasteiger charge is -2.16. The minimum absolute atomic E-state index is 0.0922. The van der Waals surface area contributed by atoms with Crippen LogP contribution >= 0.6 is 22.6 Å². The Kier molecular flexibility index (Phi) is 7.36. The monoisotopic (exact) mass is 339 g/mol. The van der Waals surface area contributed by atoms with Gasteiger partial charge in [0.2, 0.25) is 5.91 Å². The highest BCUT2D eigenvalue weighted by Crippen LogP contribution is 2.23. The summed E-state index contributed by atoms with van der Waals surface area (Å²) in [6.45, 7) is 3.64. The van der Waals surface area contributed by atoms with Crippen molar-refractivity contribution in [1.82, 2.24) is 5.32 Å². The summed E-state index contributed by atoms with van der Waals surface area (Å²) < 4.78 is 6.73. The molecule has 0 bridgehead atoms. The zero-order chi connectivity index (χ0) is 11.8. The van der Waals surface area contributed by atoms with E-state index in [0.717, 1.165) is 32.4 Å². The Morgan fingerprint density at radius 3 is 2.94 bits per heavy atom. The quantitative estimate of drug-likeness (QED) is 0.440. The van der Waals surface area contributed by atoms with Gasteiger partial charge in [-0.15, -0.1) is 0 Å². The summed E-state index contributed by atoms with van der Waals surface area (Å²) in [5.74, 6) is 0.286. The van der Waals surface area contributed by atoms with Gasteiger partial charge >= 0.3 is 0 Å².